The number of nitrogens with two attached hydrogens (primary N) is 1. The minimum atomic E-state index is -0.627. The number of benzene rings is 1. The first-order valence-corrected chi connectivity index (χ1v) is 5.75. The van der Waals surface area contributed by atoms with Crippen LogP contribution in [0.5, 0.6) is 5.75 Å². The van der Waals surface area contributed by atoms with Gasteiger partial charge in [0.2, 0.25) is 0 Å². The zero-order chi connectivity index (χ0) is 14.7. The quantitative estimate of drug-likeness (QED) is 0.870. The molecule has 0 aliphatic heterocycles. The summed E-state index contributed by atoms with van der Waals surface area (Å²) in [6.45, 7) is 0. The van der Waals surface area contributed by atoms with Crippen molar-refractivity contribution >= 4 is 11.8 Å². The van der Waals surface area contributed by atoms with E-state index in [2.05, 4.69) is 9.72 Å². The lowest BCUT2D eigenvalue weighted by Crippen LogP contribution is -2.07. The standard InChI is InChI=1S/C14H13FN2O3/c1-19-11-5-3-4-10(15)13(11)8-6-12(16)17-7-9(8)14(18)20-2/h3-7H,1-2H3,(H2,16,17). The van der Waals surface area contributed by atoms with Crippen LogP contribution in [0.2, 0.25) is 0 Å². The number of methoxy groups -OCH3 is 2. The largest absolute Gasteiger partial charge is 0.496 e. The molecule has 0 atom stereocenters. The summed E-state index contributed by atoms with van der Waals surface area (Å²) in [6.07, 6.45) is 1.25. The molecule has 20 heavy (non-hydrogen) atoms. The maximum absolute atomic E-state index is 14.1. The molecule has 0 saturated heterocycles. The van der Waals surface area contributed by atoms with Crippen LogP contribution in [0.15, 0.2) is 30.5 Å². The second kappa shape index (κ2) is 5.56. The van der Waals surface area contributed by atoms with E-state index in [1.807, 2.05) is 0 Å². The molecule has 5 nitrogen and oxygen atoms in total. The number of halogens is 1. The fourth-order valence-corrected chi connectivity index (χ4v) is 1.89. The van der Waals surface area contributed by atoms with Crippen LogP contribution in [0, 0.1) is 5.82 Å². The summed E-state index contributed by atoms with van der Waals surface area (Å²) in [6, 6.07) is 5.79. The third kappa shape index (κ3) is 2.40. The van der Waals surface area contributed by atoms with Gasteiger partial charge in [-0.2, -0.15) is 0 Å². The number of carbonyl (C=O) groups is 1. The molecule has 2 aromatic rings. The Morgan fingerprint density at radius 1 is 1.35 bits per heavy atom. The Bertz CT molecular complexity index is 659. The number of aromatic nitrogens is 1. The number of hydrogen-bond acceptors (Lipinski definition) is 5. The molecule has 1 aromatic heterocycles. The molecule has 0 fully saturated rings. The first kappa shape index (κ1) is 13.8. The molecule has 0 aliphatic rings. The van der Waals surface area contributed by atoms with Gasteiger partial charge >= 0.3 is 5.97 Å². The minimum Gasteiger partial charge on any atom is -0.496 e. The van der Waals surface area contributed by atoms with Crippen molar-refractivity contribution in [1.82, 2.24) is 4.98 Å². The predicted molar refractivity (Wildman–Crippen MR) is 71.9 cm³/mol. The van der Waals surface area contributed by atoms with Crippen molar-refractivity contribution in [3.8, 4) is 16.9 Å². The highest BCUT2D eigenvalue weighted by atomic mass is 19.1. The van der Waals surface area contributed by atoms with E-state index in [4.69, 9.17) is 10.5 Å². The first-order chi connectivity index (χ1) is 9.58. The summed E-state index contributed by atoms with van der Waals surface area (Å²) in [4.78, 5) is 15.6. The number of esters is 1. The van der Waals surface area contributed by atoms with E-state index in [1.165, 1.54) is 38.6 Å². The van der Waals surface area contributed by atoms with Crippen LogP contribution in [0.1, 0.15) is 10.4 Å². The monoisotopic (exact) mass is 276 g/mol. The minimum absolute atomic E-state index is 0.116. The van der Waals surface area contributed by atoms with E-state index in [9.17, 15) is 9.18 Å². The third-order valence-corrected chi connectivity index (χ3v) is 2.80. The van der Waals surface area contributed by atoms with Crippen LogP contribution in [-0.2, 0) is 4.74 Å². The SMILES string of the molecule is COC(=O)c1cnc(N)cc1-c1c(F)cccc1OC. The summed E-state index contributed by atoms with van der Waals surface area (Å²) in [5.41, 5.74) is 6.16. The molecular weight excluding hydrogens is 263 g/mol. The molecular formula is C14H13FN2O3. The van der Waals surface area contributed by atoms with Crippen molar-refractivity contribution in [3.63, 3.8) is 0 Å². The number of pyridine rings is 1. The number of hydrogen-bond donors (Lipinski definition) is 1. The second-order valence-corrected chi connectivity index (χ2v) is 3.96. The molecule has 104 valence electrons. The van der Waals surface area contributed by atoms with Crippen LogP contribution >= 0.6 is 0 Å². The summed E-state index contributed by atoms with van der Waals surface area (Å²) < 4.78 is 23.9. The zero-order valence-electron chi connectivity index (χ0n) is 11.0. The lowest BCUT2D eigenvalue weighted by atomic mass is 10.00. The summed E-state index contributed by atoms with van der Waals surface area (Å²) in [5, 5.41) is 0. The van der Waals surface area contributed by atoms with Crippen LogP contribution in [-0.4, -0.2) is 25.2 Å². The van der Waals surface area contributed by atoms with Gasteiger partial charge in [0.05, 0.1) is 25.3 Å². The van der Waals surface area contributed by atoms with Crippen LogP contribution in [0.3, 0.4) is 0 Å². The number of anilines is 1. The molecule has 1 heterocycles. The average Bonchev–Trinajstić information content (AvgIpc) is 2.46. The van der Waals surface area contributed by atoms with Crippen LogP contribution < -0.4 is 10.5 Å². The Balaban J connectivity index is 2.75. The number of nitrogens with zero attached hydrogens (tertiary/aromatic N) is 1. The highest BCUT2D eigenvalue weighted by molar-refractivity contribution is 5.98. The molecule has 0 radical (unpaired) electrons. The fourth-order valence-electron chi connectivity index (χ4n) is 1.89. The first-order valence-electron chi connectivity index (χ1n) is 5.75. The Hall–Kier alpha value is -2.63. The molecule has 6 heteroatoms. The van der Waals surface area contributed by atoms with Gasteiger partial charge in [0, 0.05) is 11.8 Å². The van der Waals surface area contributed by atoms with Gasteiger partial charge in [-0.25, -0.2) is 14.2 Å². The summed E-state index contributed by atoms with van der Waals surface area (Å²) in [7, 11) is 2.65. The normalized spacial score (nSPS) is 10.2. The van der Waals surface area contributed by atoms with Gasteiger partial charge < -0.3 is 15.2 Å². The molecule has 0 aliphatic carbocycles. The van der Waals surface area contributed by atoms with Crippen molar-refractivity contribution in [2.75, 3.05) is 20.0 Å². The van der Waals surface area contributed by atoms with Crippen LogP contribution in [0.4, 0.5) is 10.2 Å². The molecule has 0 spiro atoms. The third-order valence-electron chi connectivity index (χ3n) is 2.80. The van der Waals surface area contributed by atoms with E-state index in [-0.39, 0.29) is 22.5 Å². The fraction of sp³-hybridized carbons (Fsp3) is 0.143. The molecule has 2 N–H and O–H groups in total. The Labute approximate surface area is 115 Å². The van der Waals surface area contributed by atoms with E-state index in [0.29, 0.717) is 5.75 Å². The van der Waals surface area contributed by atoms with Crippen molar-refractivity contribution in [2.45, 2.75) is 0 Å². The second-order valence-electron chi connectivity index (χ2n) is 3.96. The van der Waals surface area contributed by atoms with Gasteiger partial charge in [0.15, 0.2) is 0 Å². The van der Waals surface area contributed by atoms with E-state index < -0.39 is 11.8 Å². The average molecular weight is 276 g/mol. The van der Waals surface area contributed by atoms with E-state index in [0.717, 1.165) is 0 Å². The van der Waals surface area contributed by atoms with Gasteiger partial charge in [-0.15, -0.1) is 0 Å². The van der Waals surface area contributed by atoms with E-state index in [1.54, 1.807) is 6.07 Å². The molecule has 0 amide bonds. The van der Waals surface area contributed by atoms with Gasteiger partial charge in [-0.1, -0.05) is 6.07 Å². The molecule has 2 rings (SSSR count). The topological polar surface area (TPSA) is 74.4 Å². The summed E-state index contributed by atoms with van der Waals surface area (Å²) >= 11 is 0. The van der Waals surface area contributed by atoms with Gasteiger partial charge in [0.25, 0.3) is 0 Å². The maximum Gasteiger partial charge on any atom is 0.340 e. The van der Waals surface area contributed by atoms with Gasteiger partial charge in [0.1, 0.15) is 17.4 Å². The van der Waals surface area contributed by atoms with Crippen molar-refractivity contribution < 1.29 is 18.7 Å². The summed E-state index contributed by atoms with van der Waals surface area (Å²) in [5.74, 6) is -0.698. The number of carbonyl (C=O) groups excluding carboxylic acids is 1. The molecule has 0 unspecified atom stereocenters. The predicted octanol–water partition coefficient (Wildman–Crippen LogP) is 2.27. The van der Waals surface area contributed by atoms with Crippen molar-refractivity contribution in [3.05, 3.63) is 41.8 Å². The van der Waals surface area contributed by atoms with Crippen molar-refractivity contribution in [2.24, 2.45) is 0 Å². The maximum atomic E-state index is 14.1. The zero-order valence-corrected chi connectivity index (χ0v) is 11.0. The Morgan fingerprint density at radius 2 is 2.10 bits per heavy atom. The lowest BCUT2D eigenvalue weighted by Gasteiger charge is -2.13. The highest BCUT2D eigenvalue weighted by Crippen LogP contribution is 2.35. The smallest absolute Gasteiger partial charge is 0.340 e. The highest BCUT2D eigenvalue weighted by Gasteiger charge is 2.20. The number of ether oxygens (including phenoxy) is 2. The molecule has 0 saturated carbocycles. The molecule has 0 bridgehead atoms. The lowest BCUT2D eigenvalue weighted by molar-refractivity contribution is 0.0601. The Kier molecular flexibility index (Phi) is 3.84. The molecule has 1 aromatic carbocycles. The van der Waals surface area contributed by atoms with Gasteiger partial charge in [-0.3, -0.25) is 0 Å². The van der Waals surface area contributed by atoms with Gasteiger partial charge in [-0.05, 0) is 18.2 Å². The number of nitrogen functional groups attached to an aromatic ring is 1. The Morgan fingerprint density at radius 3 is 2.75 bits per heavy atom. The van der Waals surface area contributed by atoms with Crippen LogP contribution in [0.25, 0.3) is 11.1 Å². The van der Waals surface area contributed by atoms with Crippen molar-refractivity contribution in [1.29, 1.82) is 0 Å². The van der Waals surface area contributed by atoms with E-state index >= 15 is 0 Å². The number of rotatable bonds is 3.